The number of hydrogen-bond acceptors (Lipinski definition) is 6. The zero-order chi connectivity index (χ0) is 28.4. The number of esters is 1. The van der Waals surface area contributed by atoms with E-state index in [1.165, 1.54) is 11.3 Å². The number of benzene rings is 3. The number of allylic oxidation sites excluding steroid dienone is 1. The number of aromatic nitrogens is 1. The first kappa shape index (κ1) is 29.2. The number of carbonyl (C=O) groups is 1. The maximum absolute atomic E-state index is 13.9. The molecule has 1 aliphatic rings. The summed E-state index contributed by atoms with van der Waals surface area (Å²) in [6, 6.07) is 21.0. The topological polar surface area (TPSA) is 69.9 Å². The molecule has 2 heterocycles. The van der Waals surface area contributed by atoms with Crippen molar-refractivity contribution in [2.45, 2.75) is 26.5 Å². The SMILES string of the molecule is CCOC(=O)C1=C(C)N=c2s/c(=C\c3cc(I)c(OCc4ccccc4)c(I)c3)c(=O)n2[C@@H]1c1ccc(Br)cc1. The lowest BCUT2D eigenvalue weighted by Crippen LogP contribution is -2.39. The lowest BCUT2D eigenvalue weighted by atomic mass is 9.96. The van der Waals surface area contributed by atoms with Gasteiger partial charge >= 0.3 is 5.97 Å². The second kappa shape index (κ2) is 12.7. The van der Waals surface area contributed by atoms with E-state index in [0.29, 0.717) is 27.2 Å². The monoisotopic (exact) mass is 840 g/mol. The third-order valence-corrected chi connectivity index (χ3v) is 9.36. The van der Waals surface area contributed by atoms with Gasteiger partial charge in [0.15, 0.2) is 4.80 Å². The summed E-state index contributed by atoms with van der Waals surface area (Å²) in [6.07, 6.45) is 1.87. The highest BCUT2D eigenvalue weighted by molar-refractivity contribution is 14.1. The van der Waals surface area contributed by atoms with Crippen LogP contribution >= 0.6 is 72.4 Å². The van der Waals surface area contributed by atoms with Gasteiger partial charge in [-0.3, -0.25) is 9.36 Å². The van der Waals surface area contributed by atoms with E-state index in [4.69, 9.17) is 9.47 Å². The van der Waals surface area contributed by atoms with Crippen LogP contribution in [-0.4, -0.2) is 17.1 Å². The molecule has 0 spiro atoms. The van der Waals surface area contributed by atoms with Gasteiger partial charge in [0.05, 0.1) is 35.6 Å². The Morgan fingerprint density at radius 2 is 1.77 bits per heavy atom. The highest BCUT2D eigenvalue weighted by atomic mass is 127. The van der Waals surface area contributed by atoms with Crippen LogP contribution in [0.2, 0.25) is 0 Å². The Labute approximate surface area is 270 Å². The number of carbonyl (C=O) groups excluding carboxylic acids is 1. The standard InChI is InChI=1S/C30H23BrI2N2O4S/c1-3-38-29(37)25-17(2)34-30-35(26(25)20-9-11-21(31)12-10-20)28(36)24(40-30)15-19-13-22(32)27(23(33)14-19)39-16-18-7-5-4-6-8-18/h4-15,26H,3,16H2,1-2H3/b24-15-/t26-/m1/s1. The van der Waals surface area contributed by atoms with Crippen molar-refractivity contribution >= 4 is 84.5 Å². The molecule has 1 aliphatic heterocycles. The van der Waals surface area contributed by atoms with Crippen molar-refractivity contribution in [2.24, 2.45) is 4.99 Å². The molecule has 0 unspecified atom stereocenters. The number of halogens is 3. The lowest BCUT2D eigenvalue weighted by Gasteiger charge is -2.24. The van der Waals surface area contributed by atoms with E-state index in [0.717, 1.165) is 34.1 Å². The molecule has 5 rings (SSSR count). The fourth-order valence-electron chi connectivity index (χ4n) is 4.43. The smallest absolute Gasteiger partial charge is 0.338 e. The quantitative estimate of drug-likeness (QED) is 0.161. The molecule has 0 bridgehead atoms. The Morgan fingerprint density at radius 3 is 2.42 bits per heavy atom. The molecule has 204 valence electrons. The molecule has 40 heavy (non-hydrogen) atoms. The molecule has 10 heteroatoms. The second-order valence-corrected chi connectivity index (χ2v) is 13.2. The number of fused-ring (bicyclic) bond motifs is 1. The summed E-state index contributed by atoms with van der Waals surface area (Å²) in [5.41, 5.74) is 3.48. The third-order valence-electron chi connectivity index (χ3n) is 6.25. The first-order valence-electron chi connectivity index (χ1n) is 12.4. The lowest BCUT2D eigenvalue weighted by molar-refractivity contribution is -0.139. The van der Waals surface area contributed by atoms with E-state index in [1.807, 2.05) is 72.8 Å². The summed E-state index contributed by atoms with van der Waals surface area (Å²) in [6.45, 7) is 4.25. The molecule has 0 fully saturated rings. The first-order chi connectivity index (χ1) is 19.3. The summed E-state index contributed by atoms with van der Waals surface area (Å²) < 4.78 is 16.4. The molecule has 6 nitrogen and oxygen atoms in total. The van der Waals surface area contributed by atoms with Gasteiger partial charge < -0.3 is 9.47 Å². The number of hydrogen-bond donors (Lipinski definition) is 0. The van der Waals surface area contributed by atoms with Gasteiger partial charge in [0.2, 0.25) is 0 Å². The van der Waals surface area contributed by atoms with Crippen LogP contribution in [0.5, 0.6) is 5.75 Å². The Morgan fingerprint density at radius 1 is 1.10 bits per heavy atom. The van der Waals surface area contributed by atoms with Crippen molar-refractivity contribution in [3.05, 3.63) is 126 Å². The minimum atomic E-state index is -0.639. The van der Waals surface area contributed by atoms with Crippen molar-refractivity contribution in [2.75, 3.05) is 6.61 Å². The van der Waals surface area contributed by atoms with Gasteiger partial charge in [-0.15, -0.1) is 0 Å². The fourth-order valence-corrected chi connectivity index (χ4v) is 7.87. The molecule has 0 N–H and O–H groups in total. The minimum absolute atomic E-state index is 0.208. The number of nitrogens with zero attached hydrogens (tertiary/aromatic N) is 2. The van der Waals surface area contributed by atoms with Crippen LogP contribution in [-0.2, 0) is 16.1 Å². The van der Waals surface area contributed by atoms with Gasteiger partial charge in [-0.2, -0.15) is 0 Å². The zero-order valence-corrected chi connectivity index (χ0v) is 28.2. The van der Waals surface area contributed by atoms with E-state index in [2.05, 4.69) is 66.1 Å². The van der Waals surface area contributed by atoms with Crippen LogP contribution in [0.15, 0.2) is 92.3 Å². The van der Waals surface area contributed by atoms with Crippen LogP contribution in [0.4, 0.5) is 0 Å². The Hall–Kier alpha value is -2.29. The number of thiazole rings is 1. The number of rotatable bonds is 7. The molecular weight excluding hydrogens is 818 g/mol. The molecular formula is C30H23BrI2N2O4S. The molecule has 1 aromatic heterocycles. The Kier molecular flexibility index (Phi) is 9.28. The van der Waals surface area contributed by atoms with E-state index in [1.54, 1.807) is 18.4 Å². The van der Waals surface area contributed by atoms with E-state index < -0.39 is 12.0 Å². The maximum Gasteiger partial charge on any atom is 0.338 e. The van der Waals surface area contributed by atoms with Gasteiger partial charge in [-0.05, 0) is 106 Å². The second-order valence-electron chi connectivity index (χ2n) is 8.94. The molecule has 0 saturated heterocycles. The highest BCUT2D eigenvalue weighted by Crippen LogP contribution is 2.32. The summed E-state index contributed by atoms with van der Waals surface area (Å²) in [5, 5.41) is 0. The summed E-state index contributed by atoms with van der Waals surface area (Å²) in [4.78, 5) is 32.1. The summed E-state index contributed by atoms with van der Waals surface area (Å²) >= 11 is 9.31. The van der Waals surface area contributed by atoms with Crippen LogP contribution in [0.25, 0.3) is 6.08 Å². The predicted octanol–water partition coefficient (Wildman–Crippen LogP) is 6.35. The van der Waals surface area contributed by atoms with Crippen molar-refractivity contribution in [3.8, 4) is 5.75 Å². The van der Waals surface area contributed by atoms with Crippen molar-refractivity contribution in [1.29, 1.82) is 0 Å². The Balaban J connectivity index is 1.56. The molecule has 1 atom stereocenters. The minimum Gasteiger partial charge on any atom is -0.487 e. The molecule has 4 aromatic rings. The van der Waals surface area contributed by atoms with E-state index in [-0.39, 0.29) is 12.2 Å². The van der Waals surface area contributed by atoms with E-state index in [9.17, 15) is 9.59 Å². The van der Waals surface area contributed by atoms with Crippen LogP contribution in [0.1, 0.15) is 36.6 Å². The van der Waals surface area contributed by atoms with Crippen molar-refractivity contribution < 1.29 is 14.3 Å². The molecule has 3 aromatic carbocycles. The van der Waals surface area contributed by atoms with Crippen molar-refractivity contribution in [3.63, 3.8) is 0 Å². The first-order valence-corrected chi connectivity index (χ1v) is 16.1. The fraction of sp³-hybridized carbons (Fsp3) is 0.167. The van der Waals surface area contributed by atoms with Crippen molar-refractivity contribution in [1.82, 2.24) is 4.57 Å². The van der Waals surface area contributed by atoms with Crippen LogP contribution in [0.3, 0.4) is 0 Å². The Bertz CT molecular complexity index is 1780. The predicted molar refractivity (Wildman–Crippen MR) is 177 cm³/mol. The van der Waals surface area contributed by atoms with Gasteiger partial charge in [0.1, 0.15) is 12.4 Å². The molecule has 0 amide bonds. The molecule has 0 saturated carbocycles. The van der Waals surface area contributed by atoms with Gasteiger partial charge in [-0.25, -0.2) is 9.79 Å². The largest absolute Gasteiger partial charge is 0.487 e. The summed E-state index contributed by atoms with van der Waals surface area (Å²) in [5.74, 6) is 0.342. The van der Waals surface area contributed by atoms with Crippen LogP contribution in [0, 0.1) is 7.14 Å². The highest BCUT2D eigenvalue weighted by Gasteiger charge is 2.33. The normalized spacial score (nSPS) is 15.0. The molecule has 0 radical (unpaired) electrons. The number of ether oxygens (including phenoxy) is 2. The van der Waals surface area contributed by atoms with Crippen LogP contribution < -0.4 is 19.6 Å². The van der Waals surface area contributed by atoms with Gasteiger partial charge in [-0.1, -0.05) is 69.7 Å². The van der Waals surface area contributed by atoms with Gasteiger partial charge in [0, 0.05) is 4.47 Å². The summed E-state index contributed by atoms with van der Waals surface area (Å²) in [7, 11) is 0. The zero-order valence-electron chi connectivity index (χ0n) is 21.5. The average Bonchev–Trinajstić information content (AvgIpc) is 3.22. The molecule has 0 aliphatic carbocycles. The third kappa shape index (κ3) is 6.14. The average molecular weight is 841 g/mol. The van der Waals surface area contributed by atoms with E-state index >= 15 is 0 Å². The van der Waals surface area contributed by atoms with Gasteiger partial charge in [0.25, 0.3) is 5.56 Å². The maximum atomic E-state index is 13.9.